The summed E-state index contributed by atoms with van der Waals surface area (Å²) in [6, 6.07) is 8.50. The van der Waals surface area contributed by atoms with Gasteiger partial charge in [0.25, 0.3) is 0 Å². The Labute approximate surface area is 122 Å². The Morgan fingerprint density at radius 1 is 1.20 bits per heavy atom. The number of carbonyl (C=O) groups excluding carboxylic acids is 1. The van der Waals surface area contributed by atoms with Gasteiger partial charge in [-0.05, 0) is 36.0 Å². The number of ether oxygens (including phenoxy) is 1. The van der Waals surface area contributed by atoms with E-state index in [1.165, 1.54) is 36.5 Å². The van der Waals surface area contributed by atoms with Crippen molar-refractivity contribution < 1.29 is 9.53 Å². The van der Waals surface area contributed by atoms with Crippen LogP contribution in [0.2, 0.25) is 0 Å². The highest BCUT2D eigenvalue weighted by atomic mass is 16.5. The van der Waals surface area contributed by atoms with Gasteiger partial charge in [0.2, 0.25) is 0 Å². The maximum atomic E-state index is 11.0. The molecule has 0 spiro atoms. The van der Waals surface area contributed by atoms with Crippen LogP contribution in [0.4, 0.5) is 0 Å². The average Bonchev–Trinajstić information content (AvgIpc) is 2.44. The zero-order valence-electron chi connectivity index (χ0n) is 12.9. The van der Waals surface area contributed by atoms with Gasteiger partial charge in [-0.15, -0.1) is 0 Å². The number of benzene rings is 1. The van der Waals surface area contributed by atoms with Crippen molar-refractivity contribution in [1.29, 1.82) is 0 Å². The number of unbranched alkanes of at least 4 members (excludes halogenated alkanes) is 1. The number of esters is 1. The molecule has 1 aromatic rings. The van der Waals surface area contributed by atoms with Crippen LogP contribution in [-0.4, -0.2) is 12.6 Å². The third kappa shape index (κ3) is 6.05. The van der Waals surface area contributed by atoms with Gasteiger partial charge >= 0.3 is 5.97 Å². The molecule has 0 saturated carbocycles. The quantitative estimate of drug-likeness (QED) is 0.638. The van der Waals surface area contributed by atoms with E-state index in [-0.39, 0.29) is 5.97 Å². The molecule has 0 amide bonds. The van der Waals surface area contributed by atoms with Crippen LogP contribution in [-0.2, 0) is 16.0 Å². The van der Waals surface area contributed by atoms with Gasteiger partial charge < -0.3 is 4.74 Å². The van der Waals surface area contributed by atoms with Crippen molar-refractivity contribution in [3.8, 4) is 0 Å². The number of hydrogen-bond acceptors (Lipinski definition) is 2. The topological polar surface area (TPSA) is 26.3 Å². The second kappa shape index (κ2) is 9.35. The van der Waals surface area contributed by atoms with E-state index in [0.29, 0.717) is 6.61 Å². The zero-order chi connectivity index (χ0) is 14.8. The highest BCUT2D eigenvalue weighted by molar-refractivity contribution is 5.66. The second-order valence-electron chi connectivity index (χ2n) is 5.14. The van der Waals surface area contributed by atoms with Crippen LogP contribution in [0.15, 0.2) is 29.8 Å². The van der Waals surface area contributed by atoms with Crippen molar-refractivity contribution in [2.45, 2.75) is 52.9 Å². The molecule has 0 radical (unpaired) electrons. The molecule has 0 aliphatic rings. The molecule has 0 atom stereocenters. The highest BCUT2D eigenvalue weighted by Crippen LogP contribution is 2.18. The number of rotatable bonds is 8. The van der Waals surface area contributed by atoms with Gasteiger partial charge in [0.15, 0.2) is 0 Å². The summed E-state index contributed by atoms with van der Waals surface area (Å²) in [6.07, 6.45) is 7.73. The lowest BCUT2D eigenvalue weighted by molar-refractivity contribution is -0.140. The summed E-state index contributed by atoms with van der Waals surface area (Å²) >= 11 is 0. The Kier molecular flexibility index (Phi) is 7.71. The predicted octanol–water partition coefficient (Wildman–Crippen LogP) is 4.78. The third-order valence-corrected chi connectivity index (χ3v) is 3.25. The van der Waals surface area contributed by atoms with Gasteiger partial charge in [0.05, 0.1) is 0 Å². The van der Waals surface area contributed by atoms with E-state index in [0.717, 1.165) is 19.3 Å². The molecule has 0 unspecified atom stereocenters. The van der Waals surface area contributed by atoms with Gasteiger partial charge in [-0.3, -0.25) is 4.79 Å². The molecule has 0 N–H and O–H groups in total. The third-order valence-electron chi connectivity index (χ3n) is 3.25. The fraction of sp³-hybridized carbons (Fsp3) is 0.500. The standard InChI is InChI=1S/C18H26O2/c1-4-6-10-17-11-7-8-12-18(17)13-16(9-5-2)14-20-15(3)19/h7-8,11-13H,4-6,9-10,14H2,1-3H3/b16-13+. The minimum absolute atomic E-state index is 0.216. The summed E-state index contributed by atoms with van der Waals surface area (Å²) in [5, 5.41) is 0. The summed E-state index contributed by atoms with van der Waals surface area (Å²) in [6.45, 7) is 6.22. The Balaban J connectivity index is 2.88. The van der Waals surface area contributed by atoms with E-state index in [1.54, 1.807) is 0 Å². The van der Waals surface area contributed by atoms with Crippen molar-refractivity contribution in [3.63, 3.8) is 0 Å². The van der Waals surface area contributed by atoms with Gasteiger partial charge in [-0.25, -0.2) is 0 Å². The number of hydrogen-bond donors (Lipinski definition) is 0. The lowest BCUT2D eigenvalue weighted by Gasteiger charge is -2.10. The Hall–Kier alpha value is -1.57. The van der Waals surface area contributed by atoms with Crippen molar-refractivity contribution in [3.05, 3.63) is 41.0 Å². The molecule has 20 heavy (non-hydrogen) atoms. The second-order valence-corrected chi connectivity index (χ2v) is 5.14. The fourth-order valence-corrected chi connectivity index (χ4v) is 2.19. The first-order valence-corrected chi connectivity index (χ1v) is 7.58. The molecule has 2 heteroatoms. The smallest absolute Gasteiger partial charge is 0.302 e. The highest BCUT2D eigenvalue weighted by Gasteiger charge is 2.03. The summed E-state index contributed by atoms with van der Waals surface area (Å²) in [7, 11) is 0. The summed E-state index contributed by atoms with van der Waals surface area (Å²) in [4.78, 5) is 11.0. The normalized spacial score (nSPS) is 11.4. The zero-order valence-corrected chi connectivity index (χ0v) is 12.9. The number of aryl methyl sites for hydroxylation is 1. The van der Waals surface area contributed by atoms with E-state index in [1.807, 2.05) is 0 Å². The molecule has 0 saturated heterocycles. The first-order chi connectivity index (χ1) is 9.67. The molecular formula is C18H26O2. The maximum Gasteiger partial charge on any atom is 0.302 e. The van der Waals surface area contributed by atoms with Crippen molar-refractivity contribution in [2.24, 2.45) is 0 Å². The molecule has 2 nitrogen and oxygen atoms in total. The van der Waals surface area contributed by atoms with Crippen LogP contribution in [0, 0.1) is 0 Å². The van der Waals surface area contributed by atoms with Gasteiger partial charge in [-0.2, -0.15) is 0 Å². The van der Waals surface area contributed by atoms with Crippen LogP contribution >= 0.6 is 0 Å². The Morgan fingerprint density at radius 3 is 2.60 bits per heavy atom. The van der Waals surface area contributed by atoms with Gasteiger partial charge in [0, 0.05) is 6.92 Å². The molecule has 110 valence electrons. The van der Waals surface area contributed by atoms with E-state index >= 15 is 0 Å². The molecule has 1 rings (SSSR count). The largest absolute Gasteiger partial charge is 0.461 e. The lowest BCUT2D eigenvalue weighted by atomic mass is 9.99. The molecule has 0 aliphatic heterocycles. The molecule has 0 aliphatic carbocycles. The van der Waals surface area contributed by atoms with E-state index in [9.17, 15) is 4.79 Å². The SMILES string of the molecule is CCCCc1ccccc1/C=C(\CCC)COC(C)=O. The fourth-order valence-electron chi connectivity index (χ4n) is 2.19. The molecule has 0 bridgehead atoms. The van der Waals surface area contributed by atoms with Crippen molar-refractivity contribution in [1.82, 2.24) is 0 Å². The van der Waals surface area contributed by atoms with Crippen LogP contribution in [0.5, 0.6) is 0 Å². The molecule has 0 fully saturated rings. The van der Waals surface area contributed by atoms with Crippen LogP contribution in [0.3, 0.4) is 0 Å². The van der Waals surface area contributed by atoms with Crippen LogP contribution in [0.1, 0.15) is 57.6 Å². The van der Waals surface area contributed by atoms with Crippen molar-refractivity contribution >= 4 is 12.0 Å². The lowest BCUT2D eigenvalue weighted by Crippen LogP contribution is -2.03. The van der Waals surface area contributed by atoms with Gasteiger partial charge in [-0.1, -0.05) is 57.0 Å². The molecule has 1 aromatic carbocycles. The maximum absolute atomic E-state index is 11.0. The molecule has 0 aromatic heterocycles. The molecular weight excluding hydrogens is 248 g/mol. The predicted molar refractivity (Wildman–Crippen MR) is 84.6 cm³/mol. The van der Waals surface area contributed by atoms with E-state index in [4.69, 9.17) is 4.74 Å². The number of carbonyl (C=O) groups is 1. The first kappa shape index (κ1) is 16.5. The Bertz CT molecular complexity index is 446. The minimum Gasteiger partial charge on any atom is -0.461 e. The van der Waals surface area contributed by atoms with E-state index < -0.39 is 0 Å². The Morgan fingerprint density at radius 2 is 1.95 bits per heavy atom. The van der Waals surface area contributed by atoms with E-state index in [2.05, 4.69) is 44.2 Å². The average molecular weight is 274 g/mol. The molecule has 0 heterocycles. The van der Waals surface area contributed by atoms with Crippen LogP contribution in [0.25, 0.3) is 6.08 Å². The van der Waals surface area contributed by atoms with Crippen LogP contribution < -0.4 is 0 Å². The van der Waals surface area contributed by atoms with Crippen molar-refractivity contribution in [2.75, 3.05) is 6.61 Å². The summed E-state index contributed by atoms with van der Waals surface area (Å²) < 4.78 is 5.14. The summed E-state index contributed by atoms with van der Waals surface area (Å²) in [5.41, 5.74) is 3.83. The minimum atomic E-state index is -0.216. The monoisotopic (exact) mass is 274 g/mol. The summed E-state index contributed by atoms with van der Waals surface area (Å²) in [5.74, 6) is -0.216. The first-order valence-electron chi connectivity index (χ1n) is 7.58. The van der Waals surface area contributed by atoms with Gasteiger partial charge in [0.1, 0.15) is 6.61 Å².